The fraction of sp³-hybridized carbons (Fsp3) is 0.381. The van der Waals surface area contributed by atoms with Gasteiger partial charge in [0.15, 0.2) is 0 Å². The van der Waals surface area contributed by atoms with Crippen molar-refractivity contribution in [1.82, 2.24) is 14.7 Å². The summed E-state index contributed by atoms with van der Waals surface area (Å²) in [4.78, 5) is 42.6. The van der Waals surface area contributed by atoms with Crippen molar-refractivity contribution < 1.29 is 23.6 Å². The van der Waals surface area contributed by atoms with Crippen LogP contribution in [0.3, 0.4) is 0 Å². The molecular weight excluding hydrogens is 404 g/mol. The first kappa shape index (κ1) is 22.0. The van der Waals surface area contributed by atoms with Gasteiger partial charge in [0, 0.05) is 5.69 Å². The number of esters is 1. The molecule has 1 atom stereocenters. The molecular formula is C21H24N4O6. The van der Waals surface area contributed by atoms with Crippen molar-refractivity contribution in [1.29, 1.82) is 0 Å². The van der Waals surface area contributed by atoms with Crippen molar-refractivity contribution >= 4 is 28.7 Å². The van der Waals surface area contributed by atoms with E-state index in [4.69, 9.17) is 14.0 Å². The van der Waals surface area contributed by atoms with Gasteiger partial charge in [0.05, 0.1) is 13.2 Å². The van der Waals surface area contributed by atoms with Crippen molar-refractivity contribution in [2.75, 3.05) is 18.5 Å². The van der Waals surface area contributed by atoms with Gasteiger partial charge in [-0.25, -0.2) is 4.79 Å². The molecule has 0 fully saturated rings. The van der Waals surface area contributed by atoms with Gasteiger partial charge in [-0.2, -0.15) is 4.98 Å². The molecule has 0 aliphatic rings. The third-order valence-corrected chi connectivity index (χ3v) is 4.62. The van der Waals surface area contributed by atoms with Gasteiger partial charge in [-0.05, 0) is 51.5 Å². The fourth-order valence-electron chi connectivity index (χ4n) is 3.24. The summed E-state index contributed by atoms with van der Waals surface area (Å²) in [5, 5.41) is 6.33. The predicted molar refractivity (Wildman–Crippen MR) is 112 cm³/mol. The number of benzene rings is 1. The van der Waals surface area contributed by atoms with Crippen LogP contribution in [0.2, 0.25) is 0 Å². The number of nitrogens with zero attached hydrogens (tertiary/aromatic N) is 3. The number of ether oxygens (including phenoxy) is 2. The van der Waals surface area contributed by atoms with Crippen molar-refractivity contribution in [2.24, 2.45) is 0 Å². The lowest BCUT2D eigenvalue weighted by Gasteiger charge is -2.19. The molecule has 0 radical (unpaired) electrons. The molecule has 0 bridgehead atoms. The lowest BCUT2D eigenvalue weighted by atomic mass is 10.1. The summed E-state index contributed by atoms with van der Waals surface area (Å²) in [7, 11) is 0. The minimum Gasteiger partial charge on any atom is -0.494 e. The molecule has 0 aliphatic heterocycles. The fourth-order valence-corrected chi connectivity index (χ4v) is 3.24. The van der Waals surface area contributed by atoms with Gasteiger partial charge in [-0.3, -0.25) is 14.2 Å². The van der Waals surface area contributed by atoms with Gasteiger partial charge < -0.3 is 19.3 Å². The maximum atomic E-state index is 13.2. The van der Waals surface area contributed by atoms with E-state index in [1.54, 1.807) is 45.0 Å². The summed E-state index contributed by atoms with van der Waals surface area (Å²) >= 11 is 0. The Hall–Kier alpha value is -3.69. The van der Waals surface area contributed by atoms with Crippen LogP contribution in [0.25, 0.3) is 11.1 Å². The second-order valence-electron chi connectivity index (χ2n) is 6.64. The van der Waals surface area contributed by atoms with Crippen LogP contribution in [0, 0.1) is 6.92 Å². The number of anilines is 1. The normalized spacial score (nSPS) is 11.9. The summed E-state index contributed by atoms with van der Waals surface area (Å²) in [6.45, 7) is 7.54. The molecule has 1 amide bonds. The SMILES string of the molecule is CCOC(=O)c1noc2nc(C)n(C(CC)C(=O)Nc3ccc(OCC)cc3)c(=O)c12. The zero-order valence-corrected chi connectivity index (χ0v) is 17.8. The smallest absolute Gasteiger partial charge is 0.361 e. The molecule has 2 aromatic heterocycles. The Morgan fingerprint density at radius 1 is 1.16 bits per heavy atom. The number of carbonyl (C=O) groups excluding carboxylic acids is 2. The predicted octanol–water partition coefficient (Wildman–Crippen LogP) is 2.86. The molecule has 1 aromatic carbocycles. The van der Waals surface area contributed by atoms with E-state index < -0.39 is 23.5 Å². The van der Waals surface area contributed by atoms with Crippen LogP contribution >= 0.6 is 0 Å². The summed E-state index contributed by atoms with van der Waals surface area (Å²) in [5.41, 5.74) is -0.377. The molecule has 3 rings (SSSR count). The number of rotatable bonds is 8. The molecule has 0 saturated carbocycles. The van der Waals surface area contributed by atoms with Crippen LogP contribution in [0.15, 0.2) is 33.6 Å². The summed E-state index contributed by atoms with van der Waals surface area (Å²) in [5.74, 6) is -0.236. The average molecular weight is 428 g/mol. The van der Waals surface area contributed by atoms with Crippen molar-refractivity contribution in [3.05, 3.63) is 46.1 Å². The number of hydrogen-bond donors (Lipinski definition) is 1. The van der Waals surface area contributed by atoms with Crippen LogP contribution in [-0.4, -0.2) is 39.8 Å². The molecule has 31 heavy (non-hydrogen) atoms. The second kappa shape index (κ2) is 9.41. The topological polar surface area (TPSA) is 126 Å². The minimum atomic E-state index is -0.860. The number of aryl methyl sites for hydroxylation is 1. The Bertz CT molecular complexity index is 1150. The van der Waals surface area contributed by atoms with Crippen molar-refractivity contribution in [3.8, 4) is 5.75 Å². The van der Waals surface area contributed by atoms with Gasteiger partial charge in [0.1, 0.15) is 23.0 Å². The first-order chi connectivity index (χ1) is 14.9. The van der Waals surface area contributed by atoms with E-state index in [-0.39, 0.29) is 29.2 Å². The van der Waals surface area contributed by atoms with Crippen LogP contribution < -0.4 is 15.6 Å². The highest BCUT2D eigenvalue weighted by atomic mass is 16.5. The number of carbonyl (C=O) groups is 2. The zero-order chi connectivity index (χ0) is 22.5. The number of aromatic nitrogens is 3. The van der Waals surface area contributed by atoms with Gasteiger partial charge >= 0.3 is 5.97 Å². The molecule has 10 nitrogen and oxygen atoms in total. The van der Waals surface area contributed by atoms with E-state index in [0.717, 1.165) is 0 Å². The Kier molecular flexibility index (Phi) is 6.68. The average Bonchev–Trinajstić information content (AvgIpc) is 3.17. The standard InChI is InChI=1S/C21H24N4O6/c1-5-15(18(26)23-13-8-10-14(11-9-13)29-6-2)25-12(4)22-19-16(20(25)27)17(24-31-19)21(28)30-7-3/h8-11,15H,5-7H2,1-4H3,(H,23,26). The van der Waals surface area contributed by atoms with Gasteiger partial charge in [0.2, 0.25) is 11.6 Å². The van der Waals surface area contributed by atoms with Gasteiger partial charge in [-0.15, -0.1) is 0 Å². The molecule has 1 N–H and O–H groups in total. The van der Waals surface area contributed by atoms with Crippen molar-refractivity contribution in [2.45, 2.75) is 40.2 Å². The molecule has 10 heteroatoms. The van der Waals surface area contributed by atoms with Gasteiger partial charge in [-0.1, -0.05) is 12.1 Å². The van der Waals surface area contributed by atoms with E-state index in [9.17, 15) is 14.4 Å². The van der Waals surface area contributed by atoms with E-state index in [2.05, 4.69) is 15.5 Å². The molecule has 164 valence electrons. The Morgan fingerprint density at radius 3 is 2.48 bits per heavy atom. The number of hydrogen-bond acceptors (Lipinski definition) is 8. The first-order valence-electron chi connectivity index (χ1n) is 10.0. The number of nitrogens with one attached hydrogen (secondary N) is 1. The Balaban J connectivity index is 1.97. The Morgan fingerprint density at radius 2 is 1.87 bits per heavy atom. The van der Waals surface area contributed by atoms with Crippen LogP contribution in [0.1, 0.15) is 49.5 Å². The maximum Gasteiger partial charge on any atom is 0.361 e. The van der Waals surface area contributed by atoms with Crippen LogP contribution in [-0.2, 0) is 9.53 Å². The third kappa shape index (κ3) is 4.42. The second-order valence-corrected chi connectivity index (χ2v) is 6.64. The quantitative estimate of drug-likeness (QED) is 0.543. The van der Waals surface area contributed by atoms with E-state index in [1.807, 2.05) is 6.92 Å². The highest BCUT2D eigenvalue weighted by molar-refractivity contribution is 6.00. The molecule has 0 aliphatic carbocycles. The molecule has 0 spiro atoms. The van der Waals surface area contributed by atoms with Crippen molar-refractivity contribution in [3.63, 3.8) is 0 Å². The lowest BCUT2D eigenvalue weighted by molar-refractivity contribution is -0.119. The van der Waals surface area contributed by atoms with Crippen LogP contribution in [0.4, 0.5) is 5.69 Å². The largest absolute Gasteiger partial charge is 0.494 e. The first-order valence-corrected chi connectivity index (χ1v) is 10.0. The summed E-state index contributed by atoms with van der Waals surface area (Å²) < 4.78 is 16.6. The molecule has 2 heterocycles. The molecule has 0 saturated heterocycles. The maximum absolute atomic E-state index is 13.2. The Labute approximate surface area is 178 Å². The summed E-state index contributed by atoms with van der Waals surface area (Å²) in [6.07, 6.45) is 0.316. The monoisotopic (exact) mass is 428 g/mol. The zero-order valence-electron chi connectivity index (χ0n) is 17.8. The van der Waals surface area contributed by atoms with E-state index in [0.29, 0.717) is 24.5 Å². The molecule has 1 unspecified atom stereocenters. The number of fused-ring (bicyclic) bond motifs is 1. The lowest BCUT2D eigenvalue weighted by Crippen LogP contribution is -2.35. The van der Waals surface area contributed by atoms with E-state index in [1.165, 1.54) is 4.57 Å². The highest BCUT2D eigenvalue weighted by Gasteiger charge is 2.28. The minimum absolute atomic E-state index is 0.0800. The van der Waals surface area contributed by atoms with Gasteiger partial charge in [0.25, 0.3) is 11.3 Å². The van der Waals surface area contributed by atoms with Crippen LogP contribution in [0.5, 0.6) is 5.75 Å². The summed E-state index contributed by atoms with van der Waals surface area (Å²) in [6, 6.07) is 6.06. The van der Waals surface area contributed by atoms with E-state index >= 15 is 0 Å². The number of amides is 1. The third-order valence-electron chi connectivity index (χ3n) is 4.62. The molecule has 3 aromatic rings. The highest BCUT2D eigenvalue weighted by Crippen LogP contribution is 2.21.